The summed E-state index contributed by atoms with van der Waals surface area (Å²) in [5.74, 6) is 0.312. The number of hydrogen-bond donors (Lipinski definition) is 2. The van der Waals surface area contributed by atoms with Crippen molar-refractivity contribution in [3.63, 3.8) is 0 Å². The number of hydrogen-bond acceptors (Lipinski definition) is 7. The minimum atomic E-state index is -0.0883. The van der Waals surface area contributed by atoms with Crippen molar-refractivity contribution in [3.8, 4) is 11.4 Å². The van der Waals surface area contributed by atoms with Gasteiger partial charge in [-0.05, 0) is 25.5 Å². The molecule has 9 heteroatoms. The van der Waals surface area contributed by atoms with E-state index in [0.29, 0.717) is 22.2 Å². The van der Waals surface area contributed by atoms with Crippen molar-refractivity contribution in [2.75, 3.05) is 5.75 Å². The van der Waals surface area contributed by atoms with Crippen LogP contribution < -0.4 is 5.32 Å². The first kappa shape index (κ1) is 16.2. The van der Waals surface area contributed by atoms with Crippen molar-refractivity contribution in [2.24, 2.45) is 10.2 Å². The van der Waals surface area contributed by atoms with Crippen LogP contribution in [0.5, 0.6) is 5.75 Å². The lowest BCUT2D eigenvalue weighted by Crippen LogP contribution is -2.19. The highest BCUT2D eigenvalue weighted by Crippen LogP contribution is 2.20. The Morgan fingerprint density at radius 2 is 2.29 bits per heavy atom. The second kappa shape index (κ2) is 6.83. The van der Waals surface area contributed by atoms with Gasteiger partial charge in [0.05, 0.1) is 29.0 Å². The zero-order valence-electron chi connectivity index (χ0n) is 13.2. The van der Waals surface area contributed by atoms with Gasteiger partial charge in [-0.1, -0.05) is 18.7 Å². The Morgan fingerprint density at radius 3 is 2.92 bits per heavy atom. The maximum atomic E-state index is 11.0. The smallest absolute Gasteiger partial charge is 0.236 e. The molecule has 1 saturated heterocycles. The van der Waals surface area contributed by atoms with E-state index in [1.165, 1.54) is 22.8 Å². The van der Waals surface area contributed by atoms with Gasteiger partial charge in [0.2, 0.25) is 5.91 Å². The largest absolute Gasteiger partial charge is 0.507 e. The molecule has 8 nitrogen and oxygen atoms in total. The second-order valence-electron chi connectivity index (χ2n) is 5.10. The lowest BCUT2D eigenvalue weighted by Gasteiger charge is -2.03. The van der Waals surface area contributed by atoms with E-state index in [0.717, 1.165) is 17.8 Å². The number of aromatic nitrogens is 3. The normalized spacial score (nSPS) is 16.2. The summed E-state index contributed by atoms with van der Waals surface area (Å²) in [4.78, 5) is 12.5. The van der Waals surface area contributed by atoms with Gasteiger partial charge in [-0.2, -0.15) is 20.1 Å². The van der Waals surface area contributed by atoms with E-state index in [9.17, 15) is 9.90 Å². The fourth-order valence-electron chi connectivity index (χ4n) is 2.14. The number of phenolic OH excluding ortho intramolecular Hbond substituents is 1. The van der Waals surface area contributed by atoms with E-state index in [1.807, 2.05) is 13.8 Å². The fourth-order valence-corrected chi connectivity index (χ4v) is 2.77. The molecular weight excluding hydrogens is 328 g/mol. The molecule has 1 amide bonds. The molecule has 0 bridgehead atoms. The van der Waals surface area contributed by atoms with Crippen LogP contribution >= 0.6 is 11.8 Å². The number of phenols is 1. The Balaban J connectivity index is 1.78. The minimum absolute atomic E-state index is 0.0487. The zero-order chi connectivity index (χ0) is 17.1. The first-order chi connectivity index (χ1) is 11.6. The van der Waals surface area contributed by atoms with Crippen molar-refractivity contribution in [1.82, 2.24) is 20.3 Å². The summed E-state index contributed by atoms with van der Waals surface area (Å²) >= 11 is 1.29. The van der Waals surface area contributed by atoms with E-state index in [-0.39, 0.29) is 11.7 Å². The van der Waals surface area contributed by atoms with Gasteiger partial charge in [0.25, 0.3) is 0 Å². The summed E-state index contributed by atoms with van der Waals surface area (Å²) in [7, 11) is 0. The Bertz CT molecular complexity index is 842. The Morgan fingerprint density at radius 1 is 1.46 bits per heavy atom. The van der Waals surface area contributed by atoms with Gasteiger partial charge in [0.15, 0.2) is 5.17 Å². The number of aryl methyl sites for hydroxylation is 2. The van der Waals surface area contributed by atoms with E-state index in [1.54, 1.807) is 18.2 Å². The van der Waals surface area contributed by atoms with Crippen molar-refractivity contribution in [1.29, 1.82) is 0 Å². The van der Waals surface area contributed by atoms with E-state index >= 15 is 0 Å². The third kappa shape index (κ3) is 3.46. The second-order valence-corrected chi connectivity index (χ2v) is 6.07. The summed E-state index contributed by atoms with van der Waals surface area (Å²) in [6.45, 7) is 3.92. The number of amidine groups is 1. The minimum Gasteiger partial charge on any atom is -0.507 e. The van der Waals surface area contributed by atoms with Crippen LogP contribution in [0.25, 0.3) is 5.69 Å². The molecule has 24 heavy (non-hydrogen) atoms. The van der Waals surface area contributed by atoms with Crippen LogP contribution in [-0.4, -0.2) is 43.1 Å². The molecule has 2 heterocycles. The molecule has 1 fully saturated rings. The maximum Gasteiger partial charge on any atom is 0.236 e. The molecule has 3 rings (SSSR count). The van der Waals surface area contributed by atoms with Crippen LogP contribution in [0.2, 0.25) is 0 Å². The number of nitrogens with one attached hydrogen (secondary N) is 1. The van der Waals surface area contributed by atoms with E-state index in [2.05, 4.69) is 25.7 Å². The zero-order valence-corrected chi connectivity index (χ0v) is 14.0. The number of amides is 1. The number of benzene rings is 1. The van der Waals surface area contributed by atoms with Gasteiger partial charge < -0.3 is 10.4 Å². The fraction of sp³-hybridized carbons (Fsp3) is 0.267. The number of aromatic hydroxyl groups is 1. The Hall–Kier alpha value is -2.68. The third-order valence-electron chi connectivity index (χ3n) is 3.39. The van der Waals surface area contributed by atoms with Gasteiger partial charge in [-0.25, -0.2) is 0 Å². The summed E-state index contributed by atoms with van der Waals surface area (Å²) < 4.78 is 0. The molecule has 0 aliphatic carbocycles. The molecule has 124 valence electrons. The maximum absolute atomic E-state index is 11.0. The number of nitrogens with zero attached hydrogens (tertiary/aromatic N) is 5. The molecule has 1 aliphatic heterocycles. The summed E-state index contributed by atoms with van der Waals surface area (Å²) in [5, 5.41) is 29.7. The van der Waals surface area contributed by atoms with Crippen molar-refractivity contribution >= 4 is 29.1 Å². The summed E-state index contributed by atoms with van der Waals surface area (Å²) in [6.07, 6.45) is 2.23. The molecule has 0 spiro atoms. The van der Waals surface area contributed by atoms with Gasteiger partial charge >= 0.3 is 0 Å². The standard InChI is InChI=1S/C15H16N6O2S/c1-3-12-9(2)19-21(20-12)11-5-4-10(13(22)6-11)7-16-18-15-17-14(23)8-24-15/h4-7,22H,3,8H2,1-2H3,(H,17,18,23). The quantitative estimate of drug-likeness (QED) is 0.644. The molecule has 1 aromatic heterocycles. The van der Waals surface area contributed by atoms with Crippen LogP contribution in [0.1, 0.15) is 23.9 Å². The van der Waals surface area contributed by atoms with Crippen LogP contribution in [0, 0.1) is 6.92 Å². The molecule has 1 aromatic carbocycles. The first-order valence-electron chi connectivity index (χ1n) is 7.36. The molecule has 1 aliphatic rings. The summed E-state index contributed by atoms with van der Waals surface area (Å²) in [5.41, 5.74) is 2.97. The highest BCUT2D eigenvalue weighted by Gasteiger charge is 2.16. The topological polar surface area (TPSA) is 105 Å². The molecule has 0 unspecified atom stereocenters. The molecule has 0 saturated carbocycles. The van der Waals surface area contributed by atoms with E-state index in [4.69, 9.17) is 0 Å². The molecule has 2 N–H and O–H groups in total. The van der Waals surface area contributed by atoms with Crippen molar-refractivity contribution in [2.45, 2.75) is 20.3 Å². The molecular formula is C15H16N6O2S. The average molecular weight is 344 g/mol. The highest BCUT2D eigenvalue weighted by molar-refractivity contribution is 8.15. The lowest BCUT2D eigenvalue weighted by atomic mass is 10.2. The SMILES string of the molecule is CCc1nn(-c2ccc(C=NN=C3NC(=O)CS3)c(O)c2)nc1C. The van der Waals surface area contributed by atoms with Gasteiger partial charge in [0, 0.05) is 11.6 Å². The Labute approximate surface area is 142 Å². The molecule has 0 atom stereocenters. The van der Waals surface area contributed by atoms with Crippen LogP contribution in [-0.2, 0) is 11.2 Å². The average Bonchev–Trinajstić information content (AvgIpc) is 3.14. The first-order valence-corrected chi connectivity index (χ1v) is 8.35. The number of carbonyl (C=O) groups excluding carboxylic acids is 1. The molecule has 2 aromatic rings. The number of thioether (sulfide) groups is 1. The number of carbonyl (C=O) groups is 1. The Kier molecular flexibility index (Phi) is 4.61. The van der Waals surface area contributed by atoms with Crippen LogP contribution in [0.15, 0.2) is 28.4 Å². The van der Waals surface area contributed by atoms with E-state index < -0.39 is 0 Å². The van der Waals surface area contributed by atoms with Crippen molar-refractivity contribution < 1.29 is 9.90 Å². The third-order valence-corrected chi connectivity index (χ3v) is 4.25. The lowest BCUT2D eigenvalue weighted by molar-refractivity contribution is -0.116. The monoisotopic (exact) mass is 344 g/mol. The molecule has 0 radical (unpaired) electrons. The van der Waals surface area contributed by atoms with Crippen molar-refractivity contribution in [3.05, 3.63) is 35.2 Å². The van der Waals surface area contributed by atoms with Crippen LogP contribution in [0.4, 0.5) is 0 Å². The summed E-state index contributed by atoms with van der Waals surface area (Å²) in [6, 6.07) is 5.07. The predicted octanol–water partition coefficient (Wildman–Crippen LogP) is 1.40. The van der Waals surface area contributed by atoms with Gasteiger partial charge in [-0.15, -0.1) is 5.10 Å². The highest BCUT2D eigenvalue weighted by atomic mass is 32.2. The van der Waals surface area contributed by atoms with Gasteiger partial charge in [0.1, 0.15) is 5.75 Å². The predicted molar refractivity (Wildman–Crippen MR) is 92.8 cm³/mol. The number of rotatable bonds is 4. The van der Waals surface area contributed by atoms with Gasteiger partial charge in [-0.3, -0.25) is 4.79 Å². The van der Waals surface area contributed by atoms with Crippen LogP contribution in [0.3, 0.4) is 0 Å².